The number of hydrogen-bond acceptors (Lipinski definition) is 4. The molecule has 6 nitrogen and oxygen atoms in total. The number of aromatic hydroxyl groups is 1. The van der Waals surface area contributed by atoms with E-state index in [-0.39, 0.29) is 11.3 Å². The van der Waals surface area contributed by atoms with Crippen molar-refractivity contribution in [2.45, 2.75) is 0 Å². The Hall–Kier alpha value is -3.28. The molecule has 0 aliphatic heterocycles. The molecule has 2 aromatic carbocycles. The number of fused-ring (bicyclic) bond motifs is 1. The molecule has 0 saturated carbocycles. The normalized spacial score (nSPS) is 10.8. The third-order valence-corrected chi connectivity index (χ3v) is 4.09. The smallest absolute Gasteiger partial charge is 0.267 e. The van der Waals surface area contributed by atoms with Gasteiger partial charge in [0.05, 0.1) is 10.9 Å². The van der Waals surface area contributed by atoms with E-state index in [0.717, 1.165) is 0 Å². The number of pyridine rings is 1. The molecular weight excluding hydrogens is 306 g/mol. The van der Waals surface area contributed by atoms with Crippen molar-refractivity contribution >= 4 is 28.2 Å². The van der Waals surface area contributed by atoms with Crippen molar-refractivity contribution in [2.75, 3.05) is 17.7 Å². The average molecular weight is 323 g/mol. The molecule has 3 rings (SSSR count). The maximum Gasteiger partial charge on any atom is 0.267 e. The molecule has 0 unspecified atom stereocenters. The van der Waals surface area contributed by atoms with Crippen molar-refractivity contribution in [3.8, 4) is 5.75 Å². The van der Waals surface area contributed by atoms with Crippen LogP contribution in [0.1, 0.15) is 10.4 Å². The minimum absolute atomic E-state index is 0.296. The second-order valence-corrected chi connectivity index (χ2v) is 5.53. The molecule has 6 heteroatoms. The lowest BCUT2D eigenvalue weighted by Crippen LogP contribution is -2.34. The van der Waals surface area contributed by atoms with Gasteiger partial charge in [-0.1, -0.05) is 24.3 Å². The zero-order valence-electron chi connectivity index (χ0n) is 13.4. The Morgan fingerprint density at radius 1 is 1.12 bits per heavy atom. The zero-order valence-corrected chi connectivity index (χ0v) is 13.4. The first-order valence-electron chi connectivity index (χ1n) is 7.36. The number of nitrogen functional groups attached to an aromatic ring is 1. The van der Waals surface area contributed by atoms with Gasteiger partial charge in [0.25, 0.3) is 11.5 Å². The summed E-state index contributed by atoms with van der Waals surface area (Å²) in [5.74, 6) is -0.983. The van der Waals surface area contributed by atoms with Crippen LogP contribution in [0.2, 0.25) is 0 Å². The molecule has 0 fully saturated rings. The van der Waals surface area contributed by atoms with E-state index in [1.165, 1.54) is 9.47 Å². The number of carbonyl (C=O) groups is 1. The minimum atomic E-state index is -0.593. The third kappa shape index (κ3) is 2.28. The molecule has 3 N–H and O–H groups in total. The SMILES string of the molecule is CN(C(=O)c1c(O)c2c(N)cccc2n(C)c1=O)c1ccccc1. The molecule has 1 heterocycles. The highest BCUT2D eigenvalue weighted by Crippen LogP contribution is 2.31. The Bertz CT molecular complexity index is 994. The van der Waals surface area contributed by atoms with Crippen molar-refractivity contribution in [1.29, 1.82) is 0 Å². The summed E-state index contributed by atoms with van der Waals surface area (Å²) in [7, 11) is 3.10. The van der Waals surface area contributed by atoms with Crippen LogP contribution in [0, 0.1) is 0 Å². The van der Waals surface area contributed by atoms with Crippen LogP contribution in [-0.4, -0.2) is 22.6 Å². The number of hydrogen-bond donors (Lipinski definition) is 2. The summed E-state index contributed by atoms with van der Waals surface area (Å²) >= 11 is 0. The van der Waals surface area contributed by atoms with Gasteiger partial charge in [-0.3, -0.25) is 9.59 Å². The van der Waals surface area contributed by atoms with Crippen LogP contribution in [-0.2, 0) is 7.05 Å². The van der Waals surface area contributed by atoms with Crippen molar-refractivity contribution in [1.82, 2.24) is 4.57 Å². The first-order chi connectivity index (χ1) is 11.4. The number of nitrogens with zero attached hydrogens (tertiary/aromatic N) is 2. The standard InChI is InChI=1S/C18H17N3O3/c1-20(11-7-4-3-5-8-11)17(23)15-16(22)14-12(19)9-6-10-13(14)21(2)18(15)24/h3-10,22H,19H2,1-2H3. The third-order valence-electron chi connectivity index (χ3n) is 4.09. The summed E-state index contributed by atoms with van der Waals surface area (Å²) in [4.78, 5) is 26.7. The number of para-hydroxylation sites is 1. The van der Waals surface area contributed by atoms with Crippen molar-refractivity contribution in [2.24, 2.45) is 7.05 Å². The predicted molar refractivity (Wildman–Crippen MR) is 94.4 cm³/mol. The van der Waals surface area contributed by atoms with Crippen molar-refractivity contribution < 1.29 is 9.90 Å². The van der Waals surface area contributed by atoms with Crippen LogP contribution in [0.15, 0.2) is 53.3 Å². The van der Waals surface area contributed by atoms with Gasteiger partial charge in [-0.25, -0.2) is 0 Å². The van der Waals surface area contributed by atoms with Crippen LogP contribution in [0.5, 0.6) is 5.75 Å². The molecule has 3 aromatic rings. The molecule has 0 saturated heterocycles. The van der Waals surface area contributed by atoms with Gasteiger partial charge in [0, 0.05) is 25.5 Å². The van der Waals surface area contributed by atoms with E-state index in [1.807, 2.05) is 6.07 Å². The monoisotopic (exact) mass is 323 g/mol. The van der Waals surface area contributed by atoms with Crippen LogP contribution in [0.4, 0.5) is 11.4 Å². The molecule has 24 heavy (non-hydrogen) atoms. The summed E-state index contributed by atoms with van der Waals surface area (Å²) in [6, 6.07) is 13.9. The predicted octanol–water partition coefficient (Wildman–Crippen LogP) is 2.10. The number of aryl methyl sites for hydroxylation is 1. The van der Waals surface area contributed by atoms with Crippen LogP contribution in [0.25, 0.3) is 10.9 Å². The number of nitrogens with two attached hydrogens (primary N) is 1. The Kier molecular flexibility index (Phi) is 3.73. The summed E-state index contributed by atoms with van der Waals surface area (Å²) in [6.07, 6.45) is 0. The highest BCUT2D eigenvalue weighted by atomic mass is 16.3. The number of amides is 1. The summed E-state index contributed by atoms with van der Waals surface area (Å²) in [6.45, 7) is 0. The second-order valence-electron chi connectivity index (χ2n) is 5.53. The quantitative estimate of drug-likeness (QED) is 0.707. The topological polar surface area (TPSA) is 88.6 Å². The molecule has 0 radical (unpaired) electrons. The number of aromatic nitrogens is 1. The fourth-order valence-corrected chi connectivity index (χ4v) is 2.73. The Morgan fingerprint density at radius 3 is 2.46 bits per heavy atom. The van der Waals surface area contributed by atoms with E-state index in [4.69, 9.17) is 5.73 Å². The molecule has 0 aliphatic carbocycles. The van der Waals surface area contributed by atoms with Gasteiger partial charge in [0.1, 0.15) is 11.3 Å². The first-order valence-corrected chi connectivity index (χ1v) is 7.36. The Morgan fingerprint density at radius 2 is 1.79 bits per heavy atom. The summed E-state index contributed by atoms with van der Waals surface area (Å²) in [5.41, 5.74) is 6.45. The van der Waals surface area contributed by atoms with E-state index in [9.17, 15) is 14.7 Å². The maximum absolute atomic E-state index is 12.8. The average Bonchev–Trinajstić information content (AvgIpc) is 2.59. The van der Waals surface area contributed by atoms with Gasteiger partial charge in [-0.15, -0.1) is 0 Å². The molecule has 0 atom stereocenters. The Labute approximate surface area is 138 Å². The minimum Gasteiger partial charge on any atom is -0.506 e. The molecule has 0 bridgehead atoms. The number of benzene rings is 2. The molecular formula is C18H17N3O3. The molecule has 0 aliphatic rings. The number of rotatable bonds is 2. The molecule has 122 valence electrons. The van der Waals surface area contributed by atoms with Gasteiger partial charge in [-0.05, 0) is 24.3 Å². The number of carbonyl (C=O) groups excluding carboxylic acids is 1. The number of anilines is 2. The summed E-state index contributed by atoms with van der Waals surface area (Å²) in [5, 5.41) is 10.9. The van der Waals surface area contributed by atoms with Gasteiger partial charge >= 0.3 is 0 Å². The van der Waals surface area contributed by atoms with Crippen molar-refractivity contribution in [3.05, 3.63) is 64.4 Å². The van der Waals surface area contributed by atoms with E-state index in [1.54, 1.807) is 56.6 Å². The van der Waals surface area contributed by atoms with E-state index in [0.29, 0.717) is 22.3 Å². The van der Waals surface area contributed by atoms with Gasteiger partial charge in [0.15, 0.2) is 0 Å². The Balaban J connectivity index is 2.25. The molecule has 0 spiro atoms. The van der Waals surface area contributed by atoms with E-state index >= 15 is 0 Å². The van der Waals surface area contributed by atoms with Crippen molar-refractivity contribution in [3.63, 3.8) is 0 Å². The second kappa shape index (κ2) is 5.73. The van der Waals surface area contributed by atoms with Gasteiger partial charge in [0.2, 0.25) is 0 Å². The van der Waals surface area contributed by atoms with Gasteiger partial charge in [-0.2, -0.15) is 0 Å². The van der Waals surface area contributed by atoms with Crippen LogP contribution in [0.3, 0.4) is 0 Å². The lowest BCUT2D eigenvalue weighted by atomic mass is 10.1. The summed E-state index contributed by atoms with van der Waals surface area (Å²) < 4.78 is 1.32. The van der Waals surface area contributed by atoms with Crippen LogP contribution >= 0.6 is 0 Å². The highest BCUT2D eigenvalue weighted by Gasteiger charge is 2.25. The fraction of sp³-hybridized carbons (Fsp3) is 0.111. The van der Waals surface area contributed by atoms with E-state index in [2.05, 4.69) is 0 Å². The molecule has 1 amide bonds. The fourth-order valence-electron chi connectivity index (χ4n) is 2.73. The molecule has 1 aromatic heterocycles. The lowest BCUT2D eigenvalue weighted by Gasteiger charge is -2.19. The zero-order chi connectivity index (χ0) is 17.4. The lowest BCUT2D eigenvalue weighted by molar-refractivity contribution is 0.0988. The largest absolute Gasteiger partial charge is 0.506 e. The van der Waals surface area contributed by atoms with Gasteiger partial charge < -0.3 is 20.3 Å². The highest BCUT2D eigenvalue weighted by molar-refractivity contribution is 6.11. The maximum atomic E-state index is 12.8. The van der Waals surface area contributed by atoms with Crippen LogP contribution < -0.4 is 16.2 Å². The van der Waals surface area contributed by atoms with E-state index < -0.39 is 11.5 Å². The first kappa shape index (κ1) is 15.6.